The summed E-state index contributed by atoms with van der Waals surface area (Å²) >= 11 is 5.91. The predicted octanol–water partition coefficient (Wildman–Crippen LogP) is 2.91. The summed E-state index contributed by atoms with van der Waals surface area (Å²) < 4.78 is 5.41. The van der Waals surface area contributed by atoms with Crippen LogP contribution in [0.5, 0.6) is 5.75 Å². The van der Waals surface area contributed by atoms with Crippen molar-refractivity contribution in [2.24, 2.45) is 0 Å². The minimum Gasteiger partial charge on any atom is -0.492 e. The summed E-state index contributed by atoms with van der Waals surface area (Å²) in [5, 5.41) is 23.0. The summed E-state index contributed by atoms with van der Waals surface area (Å²) in [6, 6.07) is 6.01. The van der Waals surface area contributed by atoms with Crippen LogP contribution in [0.3, 0.4) is 0 Å². The molecule has 6 nitrogen and oxygen atoms in total. The Morgan fingerprint density at radius 2 is 2.25 bits per heavy atom. The van der Waals surface area contributed by atoms with E-state index >= 15 is 0 Å². The third kappa shape index (κ3) is 5.03. The van der Waals surface area contributed by atoms with Crippen LogP contribution in [0.1, 0.15) is 20.3 Å². The lowest BCUT2D eigenvalue weighted by Gasteiger charge is -2.15. The summed E-state index contributed by atoms with van der Waals surface area (Å²) in [6.07, 6.45) is 0.466. The Bertz CT molecular complexity index is 514. The SMILES string of the molecule is CC(C)NC(C#N)CCOc1cc([N+](=O)[O-])ccc1Cl. The molecule has 0 bridgehead atoms. The highest BCUT2D eigenvalue weighted by Crippen LogP contribution is 2.28. The van der Waals surface area contributed by atoms with Gasteiger partial charge in [-0.25, -0.2) is 0 Å². The van der Waals surface area contributed by atoms with Gasteiger partial charge in [0.1, 0.15) is 5.75 Å². The van der Waals surface area contributed by atoms with Gasteiger partial charge in [-0.15, -0.1) is 0 Å². The standard InChI is InChI=1S/C13H16ClN3O3/c1-9(2)16-10(8-15)5-6-20-13-7-11(17(18)19)3-4-12(13)14/h3-4,7,9-10,16H,5-6H2,1-2H3. The van der Waals surface area contributed by atoms with Gasteiger partial charge < -0.3 is 4.74 Å². The van der Waals surface area contributed by atoms with E-state index in [2.05, 4.69) is 11.4 Å². The van der Waals surface area contributed by atoms with Gasteiger partial charge in [-0.1, -0.05) is 11.6 Å². The second kappa shape index (κ2) is 7.68. The Morgan fingerprint density at radius 1 is 1.55 bits per heavy atom. The first-order valence-electron chi connectivity index (χ1n) is 6.16. The molecule has 0 aromatic heterocycles. The molecule has 0 aliphatic heterocycles. The minimum atomic E-state index is -0.512. The largest absolute Gasteiger partial charge is 0.492 e. The molecule has 1 N–H and O–H groups in total. The van der Waals surface area contributed by atoms with E-state index in [0.29, 0.717) is 11.4 Å². The molecule has 0 saturated carbocycles. The predicted molar refractivity (Wildman–Crippen MR) is 75.9 cm³/mol. The van der Waals surface area contributed by atoms with Crippen molar-refractivity contribution in [3.63, 3.8) is 0 Å². The molecule has 0 aliphatic carbocycles. The van der Waals surface area contributed by atoms with Gasteiger partial charge >= 0.3 is 0 Å². The summed E-state index contributed by atoms with van der Waals surface area (Å²) in [4.78, 5) is 10.2. The number of nitro benzene ring substituents is 1. The highest BCUT2D eigenvalue weighted by Gasteiger charge is 2.12. The van der Waals surface area contributed by atoms with Crippen molar-refractivity contribution in [2.75, 3.05) is 6.61 Å². The number of hydrogen-bond acceptors (Lipinski definition) is 5. The zero-order valence-electron chi connectivity index (χ0n) is 11.3. The Labute approximate surface area is 122 Å². The number of rotatable bonds is 7. The Hall–Kier alpha value is -1.84. The smallest absolute Gasteiger partial charge is 0.273 e. The topological polar surface area (TPSA) is 88.2 Å². The molecule has 0 saturated heterocycles. The molecule has 1 unspecified atom stereocenters. The first-order chi connectivity index (χ1) is 9.43. The van der Waals surface area contributed by atoms with Crippen LogP contribution in [-0.2, 0) is 0 Å². The molecule has 0 spiro atoms. The third-order valence-corrected chi connectivity index (χ3v) is 2.79. The van der Waals surface area contributed by atoms with Crippen LogP contribution in [0, 0.1) is 21.4 Å². The molecule has 1 atom stereocenters. The Morgan fingerprint density at radius 3 is 2.80 bits per heavy atom. The lowest BCUT2D eigenvalue weighted by atomic mass is 10.2. The molecule has 7 heteroatoms. The number of benzene rings is 1. The van der Waals surface area contributed by atoms with E-state index in [4.69, 9.17) is 21.6 Å². The van der Waals surface area contributed by atoms with Gasteiger partial charge in [-0.05, 0) is 19.9 Å². The molecule has 1 aromatic rings. The number of halogens is 1. The zero-order chi connectivity index (χ0) is 15.1. The summed E-state index contributed by atoms with van der Waals surface area (Å²) in [6.45, 7) is 4.14. The molecule has 0 fully saturated rings. The Kier molecular flexibility index (Phi) is 6.22. The molecule has 0 amide bonds. The quantitative estimate of drug-likeness (QED) is 0.617. The monoisotopic (exact) mass is 297 g/mol. The van der Waals surface area contributed by atoms with Crippen molar-refractivity contribution in [3.05, 3.63) is 33.3 Å². The van der Waals surface area contributed by atoms with E-state index in [1.54, 1.807) is 0 Å². The number of nitrogens with one attached hydrogen (secondary N) is 1. The molecule has 0 radical (unpaired) electrons. The second-order valence-electron chi connectivity index (χ2n) is 4.51. The van der Waals surface area contributed by atoms with Crippen LogP contribution in [-0.4, -0.2) is 23.6 Å². The number of nitriles is 1. The average Bonchev–Trinajstić information content (AvgIpc) is 2.38. The van der Waals surface area contributed by atoms with Crippen molar-refractivity contribution in [3.8, 4) is 11.8 Å². The van der Waals surface area contributed by atoms with Crippen molar-refractivity contribution >= 4 is 17.3 Å². The van der Waals surface area contributed by atoms with Crippen molar-refractivity contribution in [1.82, 2.24) is 5.32 Å². The van der Waals surface area contributed by atoms with Crippen LogP contribution in [0.2, 0.25) is 5.02 Å². The van der Waals surface area contributed by atoms with E-state index in [0.717, 1.165) is 0 Å². The lowest BCUT2D eigenvalue weighted by molar-refractivity contribution is -0.384. The second-order valence-corrected chi connectivity index (χ2v) is 4.92. The fourth-order valence-corrected chi connectivity index (χ4v) is 1.76. The van der Waals surface area contributed by atoms with Crippen LogP contribution >= 0.6 is 11.6 Å². The number of nitrogens with zero attached hydrogens (tertiary/aromatic N) is 2. The summed E-state index contributed by atoms with van der Waals surface area (Å²) in [7, 11) is 0. The summed E-state index contributed by atoms with van der Waals surface area (Å²) in [5.74, 6) is 0.252. The zero-order valence-corrected chi connectivity index (χ0v) is 12.1. The van der Waals surface area contributed by atoms with Crippen LogP contribution < -0.4 is 10.1 Å². The molecule has 0 heterocycles. The van der Waals surface area contributed by atoms with E-state index in [9.17, 15) is 10.1 Å². The molecule has 0 aliphatic rings. The number of ether oxygens (including phenoxy) is 1. The Balaban J connectivity index is 2.59. The van der Waals surface area contributed by atoms with Crippen LogP contribution in [0.25, 0.3) is 0 Å². The fourth-order valence-electron chi connectivity index (χ4n) is 1.59. The number of non-ortho nitro benzene ring substituents is 1. The van der Waals surface area contributed by atoms with Crippen molar-refractivity contribution < 1.29 is 9.66 Å². The normalized spacial score (nSPS) is 11.9. The third-order valence-electron chi connectivity index (χ3n) is 2.48. The van der Waals surface area contributed by atoms with E-state index in [-0.39, 0.29) is 30.1 Å². The molecule has 20 heavy (non-hydrogen) atoms. The lowest BCUT2D eigenvalue weighted by Crippen LogP contribution is -2.34. The molecule has 108 valence electrons. The molecule has 1 aromatic carbocycles. The fraction of sp³-hybridized carbons (Fsp3) is 0.462. The van der Waals surface area contributed by atoms with Crippen LogP contribution in [0.15, 0.2) is 18.2 Å². The minimum absolute atomic E-state index is 0.0819. The van der Waals surface area contributed by atoms with Gasteiger partial charge in [0.25, 0.3) is 5.69 Å². The molecular formula is C13H16ClN3O3. The maximum absolute atomic E-state index is 10.7. The van der Waals surface area contributed by atoms with Gasteiger partial charge in [0.15, 0.2) is 0 Å². The first kappa shape index (κ1) is 16.2. The first-order valence-corrected chi connectivity index (χ1v) is 6.54. The van der Waals surface area contributed by atoms with Gasteiger partial charge in [0, 0.05) is 18.5 Å². The number of hydrogen-bond donors (Lipinski definition) is 1. The van der Waals surface area contributed by atoms with Gasteiger partial charge in [0.2, 0.25) is 0 Å². The van der Waals surface area contributed by atoms with E-state index in [1.165, 1.54) is 18.2 Å². The maximum atomic E-state index is 10.7. The van der Waals surface area contributed by atoms with Crippen molar-refractivity contribution in [1.29, 1.82) is 5.26 Å². The maximum Gasteiger partial charge on any atom is 0.273 e. The van der Waals surface area contributed by atoms with Crippen LogP contribution in [0.4, 0.5) is 5.69 Å². The highest BCUT2D eigenvalue weighted by atomic mass is 35.5. The summed E-state index contributed by atoms with van der Waals surface area (Å²) in [5.41, 5.74) is -0.0819. The van der Waals surface area contributed by atoms with Gasteiger partial charge in [-0.3, -0.25) is 15.4 Å². The average molecular weight is 298 g/mol. The molecule has 1 rings (SSSR count). The highest BCUT2D eigenvalue weighted by molar-refractivity contribution is 6.32. The van der Waals surface area contributed by atoms with E-state index in [1.807, 2.05) is 13.8 Å². The molecular weight excluding hydrogens is 282 g/mol. The van der Waals surface area contributed by atoms with E-state index < -0.39 is 4.92 Å². The number of nitro groups is 1. The van der Waals surface area contributed by atoms with Gasteiger partial charge in [-0.2, -0.15) is 5.26 Å². The van der Waals surface area contributed by atoms with Crippen molar-refractivity contribution in [2.45, 2.75) is 32.4 Å². The van der Waals surface area contributed by atoms with Gasteiger partial charge in [0.05, 0.1) is 34.7 Å².